The van der Waals surface area contributed by atoms with Crippen LogP contribution in [0.3, 0.4) is 0 Å². The molecule has 2 rings (SSSR count). The predicted octanol–water partition coefficient (Wildman–Crippen LogP) is 2.70. The van der Waals surface area contributed by atoms with E-state index in [2.05, 4.69) is 6.92 Å². The van der Waals surface area contributed by atoms with Gasteiger partial charge in [0.2, 0.25) is 0 Å². The summed E-state index contributed by atoms with van der Waals surface area (Å²) in [4.78, 5) is 12.9. The second-order valence-electron chi connectivity index (χ2n) is 5.30. The molecule has 1 heterocycles. The first-order valence-electron chi connectivity index (χ1n) is 6.54. The fraction of sp³-hybridized carbons (Fsp3) is 0.643. The van der Waals surface area contributed by atoms with Crippen molar-refractivity contribution < 1.29 is 14.3 Å². The van der Waals surface area contributed by atoms with Gasteiger partial charge in [-0.15, -0.1) is 0 Å². The molecule has 100 valence electrons. The smallest absolute Gasteiger partial charge is 0.320 e. The highest BCUT2D eigenvalue weighted by atomic mass is 16.4. The molecule has 1 saturated carbocycles. The summed E-state index contributed by atoms with van der Waals surface area (Å²) in [5.41, 5.74) is 0. The SMILES string of the molecule is CCC(C(=O)O)N(C)Cc1ccc(C2CC2C)o1. The van der Waals surface area contributed by atoms with Gasteiger partial charge in [0.15, 0.2) is 0 Å². The van der Waals surface area contributed by atoms with Crippen LogP contribution in [0.1, 0.15) is 44.1 Å². The molecule has 1 aromatic rings. The van der Waals surface area contributed by atoms with Gasteiger partial charge >= 0.3 is 5.97 Å². The summed E-state index contributed by atoms with van der Waals surface area (Å²) >= 11 is 0. The molecule has 1 aliphatic rings. The quantitative estimate of drug-likeness (QED) is 0.844. The van der Waals surface area contributed by atoms with Gasteiger partial charge in [-0.25, -0.2) is 0 Å². The molecule has 1 aliphatic carbocycles. The van der Waals surface area contributed by atoms with Crippen molar-refractivity contribution in [3.8, 4) is 0 Å². The molecule has 1 N–H and O–H groups in total. The Labute approximate surface area is 108 Å². The van der Waals surface area contributed by atoms with Crippen LogP contribution in [0.25, 0.3) is 0 Å². The zero-order valence-electron chi connectivity index (χ0n) is 11.2. The Hall–Kier alpha value is -1.29. The Bertz CT molecular complexity index is 426. The number of likely N-dealkylation sites (N-methyl/N-ethyl adjacent to an activating group) is 1. The van der Waals surface area contributed by atoms with Gasteiger partial charge in [-0.3, -0.25) is 9.69 Å². The first kappa shape index (κ1) is 13.1. The summed E-state index contributed by atoms with van der Waals surface area (Å²) in [6.45, 7) is 4.65. The zero-order valence-corrected chi connectivity index (χ0v) is 11.2. The molecular formula is C14H21NO3. The van der Waals surface area contributed by atoms with E-state index in [4.69, 9.17) is 9.52 Å². The van der Waals surface area contributed by atoms with Crippen LogP contribution < -0.4 is 0 Å². The Morgan fingerprint density at radius 3 is 2.78 bits per heavy atom. The highest BCUT2D eigenvalue weighted by Crippen LogP contribution is 2.47. The van der Waals surface area contributed by atoms with E-state index in [-0.39, 0.29) is 0 Å². The van der Waals surface area contributed by atoms with Crippen molar-refractivity contribution in [3.05, 3.63) is 23.7 Å². The maximum atomic E-state index is 11.1. The topological polar surface area (TPSA) is 53.7 Å². The molecule has 4 heteroatoms. The molecule has 0 spiro atoms. The van der Waals surface area contributed by atoms with E-state index < -0.39 is 12.0 Å². The van der Waals surface area contributed by atoms with Gasteiger partial charge in [0, 0.05) is 5.92 Å². The normalized spacial score (nSPS) is 24.2. The second kappa shape index (κ2) is 5.14. The van der Waals surface area contributed by atoms with E-state index in [1.165, 1.54) is 6.42 Å². The summed E-state index contributed by atoms with van der Waals surface area (Å²) in [5.74, 6) is 2.43. The first-order valence-corrected chi connectivity index (χ1v) is 6.54. The third kappa shape index (κ3) is 2.75. The number of nitrogens with zero attached hydrogens (tertiary/aromatic N) is 1. The standard InChI is InChI=1S/C14H21NO3/c1-4-12(14(16)17)15(3)8-10-5-6-13(18-10)11-7-9(11)2/h5-6,9,11-12H,4,7-8H2,1-3H3,(H,16,17). The average molecular weight is 251 g/mol. The molecule has 4 nitrogen and oxygen atoms in total. The van der Waals surface area contributed by atoms with Crippen LogP contribution in [-0.4, -0.2) is 29.1 Å². The number of carboxylic acid groups (broad SMARTS) is 1. The van der Waals surface area contributed by atoms with Crippen LogP contribution in [0.2, 0.25) is 0 Å². The van der Waals surface area contributed by atoms with Gasteiger partial charge in [0.05, 0.1) is 6.54 Å². The van der Waals surface area contributed by atoms with E-state index in [0.29, 0.717) is 18.9 Å². The Morgan fingerprint density at radius 2 is 2.28 bits per heavy atom. The molecule has 0 amide bonds. The molecule has 0 aliphatic heterocycles. The van der Waals surface area contributed by atoms with Crippen LogP contribution >= 0.6 is 0 Å². The monoisotopic (exact) mass is 251 g/mol. The zero-order chi connectivity index (χ0) is 13.3. The van der Waals surface area contributed by atoms with Gasteiger partial charge in [0.1, 0.15) is 17.6 Å². The maximum absolute atomic E-state index is 11.1. The van der Waals surface area contributed by atoms with Crippen molar-refractivity contribution in [1.29, 1.82) is 0 Å². The number of aliphatic carboxylic acids is 1. The van der Waals surface area contributed by atoms with Crippen molar-refractivity contribution in [2.45, 2.75) is 45.2 Å². The Kier molecular flexibility index (Phi) is 3.76. The predicted molar refractivity (Wildman–Crippen MR) is 68.4 cm³/mol. The summed E-state index contributed by atoms with van der Waals surface area (Å²) in [5, 5.41) is 9.09. The number of carbonyl (C=O) groups is 1. The second-order valence-corrected chi connectivity index (χ2v) is 5.30. The van der Waals surface area contributed by atoms with E-state index >= 15 is 0 Å². The number of rotatable bonds is 6. The fourth-order valence-electron chi connectivity index (χ4n) is 2.43. The van der Waals surface area contributed by atoms with Crippen LogP contribution in [0.5, 0.6) is 0 Å². The average Bonchev–Trinajstić information content (AvgIpc) is 2.85. The van der Waals surface area contributed by atoms with E-state index in [1.54, 1.807) is 0 Å². The number of hydrogen-bond acceptors (Lipinski definition) is 3. The summed E-state index contributed by atoms with van der Waals surface area (Å²) in [6.07, 6.45) is 1.80. The minimum absolute atomic E-state index is 0.446. The van der Waals surface area contributed by atoms with Crippen LogP contribution in [-0.2, 0) is 11.3 Å². The molecule has 1 aromatic heterocycles. The lowest BCUT2D eigenvalue weighted by atomic mass is 10.2. The summed E-state index contributed by atoms with van der Waals surface area (Å²) in [7, 11) is 1.82. The van der Waals surface area contributed by atoms with Gasteiger partial charge in [-0.1, -0.05) is 13.8 Å². The highest BCUT2D eigenvalue weighted by molar-refractivity contribution is 5.73. The molecule has 1 fully saturated rings. The lowest BCUT2D eigenvalue weighted by molar-refractivity contribution is -0.143. The van der Waals surface area contributed by atoms with E-state index in [9.17, 15) is 4.79 Å². The summed E-state index contributed by atoms with van der Waals surface area (Å²) in [6, 6.07) is 3.54. The van der Waals surface area contributed by atoms with Crippen LogP contribution in [0.4, 0.5) is 0 Å². The van der Waals surface area contributed by atoms with Crippen molar-refractivity contribution in [3.63, 3.8) is 0 Å². The summed E-state index contributed by atoms with van der Waals surface area (Å²) < 4.78 is 5.79. The first-order chi connectivity index (χ1) is 8.52. The highest BCUT2D eigenvalue weighted by Gasteiger charge is 2.36. The lowest BCUT2D eigenvalue weighted by Gasteiger charge is -2.22. The van der Waals surface area contributed by atoms with Crippen LogP contribution in [0, 0.1) is 5.92 Å². The third-order valence-electron chi connectivity index (χ3n) is 3.77. The molecule has 18 heavy (non-hydrogen) atoms. The largest absolute Gasteiger partial charge is 0.480 e. The lowest BCUT2D eigenvalue weighted by Crippen LogP contribution is -2.37. The van der Waals surface area contributed by atoms with Gasteiger partial charge in [-0.05, 0) is 37.9 Å². The molecule has 3 atom stereocenters. The van der Waals surface area contributed by atoms with E-state index in [0.717, 1.165) is 17.4 Å². The van der Waals surface area contributed by atoms with E-state index in [1.807, 2.05) is 31.0 Å². The Morgan fingerprint density at radius 1 is 1.61 bits per heavy atom. The number of hydrogen-bond donors (Lipinski definition) is 1. The fourth-order valence-corrected chi connectivity index (χ4v) is 2.43. The number of carboxylic acids is 1. The molecule has 3 unspecified atom stereocenters. The van der Waals surface area contributed by atoms with Gasteiger partial charge < -0.3 is 9.52 Å². The molecular weight excluding hydrogens is 230 g/mol. The molecule has 0 bridgehead atoms. The molecule has 0 aromatic carbocycles. The Balaban J connectivity index is 1.96. The molecule has 0 radical (unpaired) electrons. The maximum Gasteiger partial charge on any atom is 0.320 e. The molecule has 0 saturated heterocycles. The number of furan rings is 1. The van der Waals surface area contributed by atoms with Crippen molar-refractivity contribution >= 4 is 5.97 Å². The minimum Gasteiger partial charge on any atom is -0.480 e. The minimum atomic E-state index is -0.775. The van der Waals surface area contributed by atoms with Crippen LogP contribution in [0.15, 0.2) is 16.5 Å². The van der Waals surface area contributed by atoms with Gasteiger partial charge in [-0.2, -0.15) is 0 Å². The third-order valence-corrected chi connectivity index (χ3v) is 3.77. The van der Waals surface area contributed by atoms with Crippen molar-refractivity contribution in [1.82, 2.24) is 4.90 Å². The van der Waals surface area contributed by atoms with Crippen molar-refractivity contribution in [2.24, 2.45) is 5.92 Å². The van der Waals surface area contributed by atoms with Gasteiger partial charge in [0.25, 0.3) is 0 Å². The van der Waals surface area contributed by atoms with Crippen molar-refractivity contribution in [2.75, 3.05) is 7.05 Å².